The highest BCUT2D eigenvalue weighted by Crippen LogP contribution is 2.41. The van der Waals surface area contributed by atoms with Gasteiger partial charge in [0.25, 0.3) is 0 Å². The number of nitriles is 1. The fraction of sp³-hybridized carbons (Fsp3) is 0.160. The zero-order valence-corrected chi connectivity index (χ0v) is 16.9. The van der Waals surface area contributed by atoms with Gasteiger partial charge in [0.1, 0.15) is 11.2 Å². The highest BCUT2D eigenvalue weighted by atomic mass is 19.4. The number of halogens is 3. The van der Waals surface area contributed by atoms with E-state index < -0.39 is 17.2 Å². The quantitative estimate of drug-likeness (QED) is 0.379. The fourth-order valence-corrected chi connectivity index (χ4v) is 4.02. The number of hydrogen-bond donors (Lipinski definition) is 2. The molecule has 1 heterocycles. The molecule has 1 aromatic heterocycles. The summed E-state index contributed by atoms with van der Waals surface area (Å²) < 4.78 is 39.3. The lowest BCUT2D eigenvalue weighted by molar-refractivity contribution is -0.137. The molecule has 0 amide bonds. The van der Waals surface area contributed by atoms with Crippen molar-refractivity contribution >= 4 is 10.9 Å². The average Bonchev–Trinajstić information content (AvgIpc) is 3.03. The van der Waals surface area contributed by atoms with Crippen molar-refractivity contribution in [3.05, 3.63) is 100 Å². The molecule has 31 heavy (non-hydrogen) atoms. The van der Waals surface area contributed by atoms with Crippen molar-refractivity contribution in [2.75, 3.05) is 0 Å². The van der Waals surface area contributed by atoms with Crippen LogP contribution in [-0.2, 0) is 11.6 Å². The van der Waals surface area contributed by atoms with Crippen molar-refractivity contribution < 1.29 is 18.3 Å². The summed E-state index contributed by atoms with van der Waals surface area (Å²) in [6.45, 7) is 3.96. The Kier molecular flexibility index (Phi) is 4.78. The minimum Gasteiger partial charge on any atom is -0.508 e. The van der Waals surface area contributed by atoms with E-state index in [9.17, 15) is 23.5 Å². The van der Waals surface area contributed by atoms with E-state index in [4.69, 9.17) is 0 Å². The summed E-state index contributed by atoms with van der Waals surface area (Å²) in [7, 11) is 0. The van der Waals surface area contributed by atoms with Crippen LogP contribution in [0.4, 0.5) is 13.2 Å². The molecule has 3 nitrogen and oxygen atoms in total. The van der Waals surface area contributed by atoms with Gasteiger partial charge in [-0.25, -0.2) is 0 Å². The Bertz CT molecular complexity index is 1300. The second kappa shape index (κ2) is 7.21. The Balaban J connectivity index is 1.99. The van der Waals surface area contributed by atoms with Crippen molar-refractivity contribution in [3.8, 4) is 11.8 Å². The van der Waals surface area contributed by atoms with Crippen LogP contribution in [0.15, 0.2) is 66.7 Å². The van der Waals surface area contributed by atoms with Gasteiger partial charge in [0, 0.05) is 16.6 Å². The molecule has 6 heteroatoms. The maximum atomic E-state index is 13.1. The van der Waals surface area contributed by atoms with E-state index in [0.29, 0.717) is 16.7 Å². The molecule has 4 aromatic rings. The average molecular weight is 420 g/mol. The largest absolute Gasteiger partial charge is 0.508 e. The molecule has 0 bridgehead atoms. The molecular weight excluding hydrogens is 401 g/mol. The van der Waals surface area contributed by atoms with E-state index >= 15 is 0 Å². The van der Waals surface area contributed by atoms with Crippen LogP contribution >= 0.6 is 0 Å². The predicted octanol–water partition coefficient (Wildman–Crippen LogP) is 6.37. The van der Waals surface area contributed by atoms with Gasteiger partial charge in [0.05, 0.1) is 11.6 Å². The summed E-state index contributed by atoms with van der Waals surface area (Å²) in [6, 6.07) is 18.8. The molecule has 0 spiro atoms. The van der Waals surface area contributed by atoms with Crippen LogP contribution in [-0.4, -0.2) is 10.1 Å². The normalized spacial score (nSPS) is 13.7. The number of aromatic amines is 1. The van der Waals surface area contributed by atoms with Crippen molar-refractivity contribution in [1.29, 1.82) is 5.26 Å². The SMILES string of the molecule is Cc1[nH]c2cc(C(C#N)(c3ccc(O)cc3)c3ccc(C(F)(F)F)cc3)ccc2c1C. The molecule has 156 valence electrons. The second-order valence-electron chi connectivity index (χ2n) is 7.62. The van der Waals surface area contributed by atoms with Crippen LogP contribution in [0.1, 0.15) is 33.5 Å². The first-order valence-electron chi connectivity index (χ1n) is 9.64. The Morgan fingerprint density at radius 3 is 1.87 bits per heavy atom. The van der Waals surface area contributed by atoms with Gasteiger partial charge < -0.3 is 10.1 Å². The van der Waals surface area contributed by atoms with E-state index in [0.717, 1.165) is 34.3 Å². The van der Waals surface area contributed by atoms with Gasteiger partial charge in [0.2, 0.25) is 0 Å². The van der Waals surface area contributed by atoms with Crippen LogP contribution < -0.4 is 0 Å². The van der Waals surface area contributed by atoms with Gasteiger partial charge >= 0.3 is 6.18 Å². The Morgan fingerprint density at radius 1 is 0.806 bits per heavy atom. The number of nitrogens with zero attached hydrogens (tertiary/aromatic N) is 1. The van der Waals surface area contributed by atoms with Crippen LogP contribution in [0.2, 0.25) is 0 Å². The molecule has 3 aromatic carbocycles. The Labute approximate surface area is 177 Å². The van der Waals surface area contributed by atoms with E-state index in [-0.39, 0.29) is 5.75 Å². The summed E-state index contributed by atoms with van der Waals surface area (Å²) >= 11 is 0. The number of alkyl halides is 3. The van der Waals surface area contributed by atoms with Crippen molar-refractivity contribution in [2.24, 2.45) is 0 Å². The van der Waals surface area contributed by atoms with Gasteiger partial charge in [0.15, 0.2) is 0 Å². The molecule has 2 N–H and O–H groups in total. The standard InChI is InChI=1S/C25H19F3N2O/c1-15-16(2)30-23-13-20(9-12-22(15)23)24(14-29,18-7-10-21(31)11-8-18)17-3-5-19(6-4-17)25(26,27)28/h3-13,30-31H,1-2H3. The highest BCUT2D eigenvalue weighted by molar-refractivity contribution is 5.85. The summed E-state index contributed by atoms with van der Waals surface area (Å²) in [4.78, 5) is 3.31. The summed E-state index contributed by atoms with van der Waals surface area (Å²) in [6.07, 6.45) is -4.47. The van der Waals surface area contributed by atoms with Crippen LogP contribution in [0.5, 0.6) is 5.75 Å². The smallest absolute Gasteiger partial charge is 0.416 e. The Hall–Kier alpha value is -3.72. The molecular formula is C25H19F3N2O. The summed E-state index contributed by atoms with van der Waals surface area (Å²) in [5, 5.41) is 21.2. The van der Waals surface area contributed by atoms with E-state index in [2.05, 4.69) is 11.1 Å². The van der Waals surface area contributed by atoms with Gasteiger partial charge in [-0.05, 0) is 66.4 Å². The monoisotopic (exact) mass is 420 g/mol. The van der Waals surface area contributed by atoms with E-state index in [1.165, 1.54) is 24.3 Å². The third-order valence-corrected chi connectivity index (χ3v) is 5.85. The first-order chi connectivity index (χ1) is 14.7. The summed E-state index contributed by atoms with van der Waals surface area (Å²) in [5.41, 5.74) is 2.39. The molecule has 0 aliphatic heterocycles. The van der Waals surface area contributed by atoms with Crippen LogP contribution in [0, 0.1) is 25.2 Å². The molecule has 0 aliphatic rings. The molecule has 0 saturated carbocycles. The second-order valence-corrected chi connectivity index (χ2v) is 7.62. The number of phenols is 1. The first kappa shape index (κ1) is 20.5. The van der Waals surface area contributed by atoms with Crippen molar-refractivity contribution in [3.63, 3.8) is 0 Å². The molecule has 0 fully saturated rings. The highest BCUT2D eigenvalue weighted by Gasteiger charge is 2.38. The van der Waals surface area contributed by atoms with Gasteiger partial charge in [-0.3, -0.25) is 0 Å². The lowest BCUT2D eigenvalue weighted by Gasteiger charge is -2.29. The van der Waals surface area contributed by atoms with Gasteiger partial charge in [-0.15, -0.1) is 0 Å². The maximum absolute atomic E-state index is 13.1. The lowest BCUT2D eigenvalue weighted by Crippen LogP contribution is -2.27. The third-order valence-electron chi connectivity index (χ3n) is 5.85. The number of phenolic OH excluding ortho intramolecular Hbond substituents is 1. The fourth-order valence-electron chi connectivity index (χ4n) is 4.02. The molecule has 0 radical (unpaired) electrons. The number of nitrogens with one attached hydrogen (secondary N) is 1. The molecule has 1 unspecified atom stereocenters. The molecule has 0 saturated heterocycles. The van der Waals surface area contributed by atoms with Crippen LogP contribution in [0.25, 0.3) is 10.9 Å². The topological polar surface area (TPSA) is 59.8 Å². The molecule has 4 rings (SSSR count). The zero-order valence-electron chi connectivity index (χ0n) is 16.9. The number of benzene rings is 3. The van der Waals surface area contributed by atoms with E-state index in [1.54, 1.807) is 12.1 Å². The first-order valence-corrected chi connectivity index (χ1v) is 9.64. The van der Waals surface area contributed by atoms with Crippen molar-refractivity contribution in [2.45, 2.75) is 25.4 Å². The number of aryl methyl sites for hydroxylation is 2. The summed E-state index contributed by atoms with van der Waals surface area (Å²) in [5.74, 6) is 0.0362. The number of fused-ring (bicyclic) bond motifs is 1. The molecule has 0 aliphatic carbocycles. The van der Waals surface area contributed by atoms with E-state index in [1.807, 2.05) is 32.0 Å². The maximum Gasteiger partial charge on any atom is 0.416 e. The van der Waals surface area contributed by atoms with Crippen LogP contribution in [0.3, 0.4) is 0 Å². The Morgan fingerprint density at radius 2 is 1.32 bits per heavy atom. The van der Waals surface area contributed by atoms with Gasteiger partial charge in [-0.2, -0.15) is 18.4 Å². The van der Waals surface area contributed by atoms with Gasteiger partial charge in [-0.1, -0.05) is 36.4 Å². The minimum absolute atomic E-state index is 0.0362. The minimum atomic E-state index is -4.47. The number of H-pyrrole nitrogens is 1. The molecule has 1 atom stereocenters. The number of aromatic hydroxyl groups is 1. The van der Waals surface area contributed by atoms with Crippen molar-refractivity contribution in [1.82, 2.24) is 4.98 Å². The predicted molar refractivity (Wildman–Crippen MR) is 113 cm³/mol. The number of rotatable bonds is 3. The third kappa shape index (κ3) is 3.32. The number of aromatic nitrogens is 1. The lowest BCUT2D eigenvalue weighted by atomic mass is 9.70. The number of hydrogen-bond acceptors (Lipinski definition) is 2. The zero-order chi connectivity index (χ0) is 22.4.